The highest BCUT2D eigenvalue weighted by Gasteiger charge is 2.14. The third-order valence-electron chi connectivity index (χ3n) is 2.94. The van der Waals surface area contributed by atoms with E-state index in [2.05, 4.69) is 6.92 Å². The monoisotopic (exact) mass is 191 g/mol. The first-order chi connectivity index (χ1) is 6.72. The molecule has 0 atom stereocenters. The lowest BCUT2D eigenvalue weighted by Crippen LogP contribution is -2.11. The summed E-state index contributed by atoms with van der Waals surface area (Å²) in [5.41, 5.74) is 10.5. The van der Waals surface area contributed by atoms with E-state index < -0.39 is 0 Å². The molecule has 0 radical (unpaired) electrons. The molecule has 0 heterocycles. The molecule has 74 valence electrons. The zero-order valence-corrected chi connectivity index (χ0v) is 8.31. The van der Waals surface area contributed by atoms with Gasteiger partial charge in [-0.2, -0.15) is 0 Å². The van der Waals surface area contributed by atoms with Gasteiger partial charge in [0.25, 0.3) is 0 Å². The summed E-state index contributed by atoms with van der Waals surface area (Å²) in [6.07, 6.45) is 1.88. The smallest absolute Gasteiger partial charge is 0.123 e. The minimum Gasteiger partial charge on any atom is -0.327 e. The Kier molecular flexibility index (Phi) is 2.38. The Balaban J connectivity index is 2.52. The second-order valence-corrected chi connectivity index (χ2v) is 3.73. The van der Waals surface area contributed by atoms with E-state index >= 15 is 0 Å². The van der Waals surface area contributed by atoms with Crippen LogP contribution in [0.5, 0.6) is 0 Å². The minimum absolute atomic E-state index is 0.146. The maximum absolute atomic E-state index is 13.0. The highest BCUT2D eigenvalue weighted by molar-refractivity contribution is 5.71. The predicted molar refractivity (Wildman–Crippen MR) is 56.4 cm³/mol. The number of halogens is 1. The van der Waals surface area contributed by atoms with Crippen LogP contribution in [0.25, 0.3) is 5.57 Å². The Morgan fingerprint density at radius 2 is 2.14 bits per heavy atom. The maximum Gasteiger partial charge on any atom is 0.123 e. The minimum atomic E-state index is -0.146. The molecule has 14 heavy (non-hydrogen) atoms. The van der Waals surface area contributed by atoms with Crippen molar-refractivity contribution in [3.8, 4) is 0 Å². The van der Waals surface area contributed by atoms with E-state index in [4.69, 9.17) is 5.73 Å². The second-order valence-electron chi connectivity index (χ2n) is 3.73. The van der Waals surface area contributed by atoms with Crippen LogP contribution in [0, 0.1) is 5.82 Å². The van der Waals surface area contributed by atoms with Crippen LogP contribution in [0.1, 0.15) is 24.5 Å². The lowest BCUT2D eigenvalue weighted by Gasteiger charge is -2.20. The number of fused-ring (bicyclic) bond motifs is 1. The van der Waals surface area contributed by atoms with E-state index in [0.29, 0.717) is 6.54 Å². The van der Waals surface area contributed by atoms with Gasteiger partial charge in [0.15, 0.2) is 0 Å². The normalized spacial score (nSPS) is 15.6. The molecule has 1 aromatic carbocycles. The first-order valence-corrected chi connectivity index (χ1v) is 4.90. The summed E-state index contributed by atoms with van der Waals surface area (Å²) >= 11 is 0. The van der Waals surface area contributed by atoms with Crippen molar-refractivity contribution < 1.29 is 4.39 Å². The van der Waals surface area contributed by atoms with Crippen molar-refractivity contribution in [1.29, 1.82) is 0 Å². The Morgan fingerprint density at radius 3 is 2.86 bits per heavy atom. The van der Waals surface area contributed by atoms with Crippen molar-refractivity contribution in [1.82, 2.24) is 0 Å². The number of rotatable bonds is 1. The van der Waals surface area contributed by atoms with E-state index in [9.17, 15) is 4.39 Å². The van der Waals surface area contributed by atoms with Crippen molar-refractivity contribution in [3.05, 3.63) is 40.7 Å². The van der Waals surface area contributed by atoms with E-state index in [0.717, 1.165) is 24.0 Å². The first-order valence-electron chi connectivity index (χ1n) is 4.90. The molecule has 0 aromatic heterocycles. The summed E-state index contributed by atoms with van der Waals surface area (Å²) in [7, 11) is 0. The van der Waals surface area contributed by atoms with Gasteiger partial charge in [-0.1, -0.05) is 11.6 Å². The molecule has 1 aromatic rings. The van der Waals surface area contributed by atoms with Crippen molar-refractivity contribution in [2.45, 2.75) is 19.8 Å². The number of benzene rings is 1. The van der Waals surface area contributed by atoms with Gasteiger partial charge in [-0.05, 0) is 48.6 Å². The van der Waals surface area contributed by atoms with Gasteiger partial charge in [-0.3, -0.25) is 0 Å². The Bertz CT molecular complexity index is 393. The van der Waals surface area contributed by atoms with Crippen LogP contribution in [-0.2, 0) is 6.42 Å². The number of aryl methyl sites for hydroxylation is 1. The van der Waals surface area contributed by atoms with Gasteiger partial charge in [0, 0.05) is 6.54 Å². The van der Waals surface area contributed by atoms with E-state index in [1.165, 1.54) is 17.2 Å². The van der Waals surface area contributed by atoms with Crippen LogP contribution < -0.4 is 5.73 Å². The Morgan fingerprint density at radius 1 is 1.36 bits per heavy atom. The summed E-state index contributed by atoms with van der Waals surface area (Å²) in [5, 5.41) is 0. The summed E-state index contributed by atoms with van der Waals surface area (Å²) in [6.45, 7) is 2.68. The molecule has 2 rings (SSSR count). The molecule has 0 aliphatic heterocycles. The number of hydrogen-bond donors (Lipinski definition) is 1. The topological polar surface area (TPSA) is 26.0 Å². The molecule has 0 saturated carbocycles. The van der Waals surface area contributed by atoms with Crippen LogP contribution in [0.15, 0.2) is 23.8 Å². The molecule has 1 aliphatic carbocycles. The fourth-order valence-electron chi connectivity index (χ4n) is 2.05. The van der Waals surface area contributed by atoms with Gasteiger partial charge in [0.2, 0.25) is 0 Å². The average molecular weight is 191 g/mol. The lowest BCUT2D eigenvalue weighted by molar-refractivity contribution is 0.624. The summed E-state index contributed by atoms with van der Waals surface area (Å²) in [5.74, 6) is -0.146. The second kappa shape index (κ2) is 3.54. The van der Waals surface area contributed by atoms with E-state index in [-0.39, 0.29) is 5.82 Å². The van der Waals surface area contributed by atoms with Gasteiger partial charge in [-0.15, -0.1) is 0 Å². The third-order valence-corrected chi connectivity index (χ3v) is 2.94. The van der Waals surface area contributed by atoms with Gasteiger partial charge in [-0.25, -0.2) is 4.39 Å². The van der Waals surface area contributed by atoms with Gasteiger partial charge < -0.3 is 5.73 Å². The summed E-state index contributed by atoms with van der Waals surface area (Å²) in [6, 6.07) is 5.00. The molecule has 2 N–H and O–H groups in total. The van der Waals surface area contributed by atoms with Crippen LogP contribution in [0.3, 0.4) is 0 Å². The zero-order valence-electron chi connectivity index (χ0n) is 8.31. The van der Waals surface area contributed by atoms with E-state index in [1.54, 1.807) is 6.07 Å². The molecule has 0 bridgehead atoms. The van der Waals surface area contributed by atoms with Gasteiger partial charge in [0.1, 0.15) is 5.82 Å². The van der Waals surface area contributed by atoms with Crippen LogP contribution >= 0.6 is 0 Å². The number of hydrogen-bond acceptors (Lipinski definition) is 1. The Hall–Kier alpha value is -1.15. The van der Waals surface area contributed by atoms with Crippen molar-refractivity contribution in [3.63, 3.8) is 0 Å². The van der Waals surface area contributed by atoms with Crippen LogP contribution in [-0.4, -0.2) is 6.54 Å². The Labute approximate surface area is 83.4 Å². The molecule has 1 aliphatic rings. The molecule has 0 amide bonds. The van der Waals surface area contributed by atoms with Crippen LogP contribution in [0.4, 0.5) is 4.39 Å². The van der Waals surface area contributed by atoms with Crippen molar-refractivity contribution in [2.24, 2.45) is 5.73 Å². The number of allylic oxidation sites excluding steroid dienone is 1. The summed E-state index contributed by atoms with van der Waals surface area (Å²) in [4.78, 5) is 0. The molecular formula is C12H14FN. The maximum atomic E-state index is 13.0. The van der Waals surface area contributed by atoms with E-state index in [1.807, 2.05) is 6.07 Å². The standard InChI is InChI=1S/C12H14FN/c1-8-10(7-14)3-2-9-6-11(13)4-5-12(8)9/h4-6H,2-3,7,14H2,1H3. The molecule has 0 spiro atoms. The highest BCUT2D eigenvalue weighted by Crippen LogP contribution is 2.30. The fourth-order valence-corrected chi connectivity index (χ4v) is 2.05. The molecular weight excluding hydrogens is 177 g/mol. The molecule has 0 unspecified atom stereocenters. The average Bonchev–Trinajstić information content (AvgIpc) is 2.18. The summed E-state index contributed by atoms with van der Waals surface area (Å²) < 4.78 is 13.0. The SMILES string of the molecule is CC1=C(CN)CCc2cc(F)ccc21. The van der Waals surface area contributed by atoms with Gasteiger partial charge >= 0.3 is 0 Å². The van der Waals surface area contributed by atoms with Crippen molar-refractivity contribution >= 4 is 5.57 Å². The number of nitrogens with two attached hydrogens (primary N) is 1. The fraction of sp³-hybridized carbons (Fsp3) is 0.333. The molecule has 0 fully saturated rings. The third kappa shape index (κ3) is 1.46. The highest BCUT2D eigenvalue weighted by atomic mass is 19.1. The largest absolute Gasteiger partial charge is 0.327 e. The van der Waals surface area contributed by atoms with Crippen LogP contribution in [0.2, 0.25) is 0 Å². The lowest BCUT2D eigenvalue weighted by atomic mass is 9.86. The molecule has 1 nitrogen and oxygen atoms in total. The molecule has 2 heteroatoms. The van der Waals surface area contributed by atoms with Gasteiger partial charge in [0.05, 0.1) is 0 Å². The van der Waals surface area contributed by atoms with Crippen molar-refractivity contribution in [2.75, 3.05) is 6.54 Å². The zero-order chi connectivity index (χ0) is 10.1. The quantitative estimate of drug-likeness (QED) is 0.725. The molecule has 0 saturated heterocycles. The first kappa shape index (κ1) is 9.41. The predicted octanol–water partition coefficient (Wildman–Crippen LogP) is 2.50.